The smallest absolute Gasteiger partial charge is 0.253 e. The van der Waals surface area contributed by atoms with Crippen molar-refractivity contribution in [1.82, 2.24) is 23.5 Å². The van der Waals surface area contributed by atoms with Crippen LogP contribution in [0.25, 0.3) is 5.65 Å². The molecule has 0 aliphatic carbocycles. The SMILES string of the molecule is Cc1nc2c(OCc3c(Cl)ccc(S(=O)(=O)N4CCCC4C(=O)N4CCN(C(=O)c5ccc(C#N)cc5)CC4)c3Cl)cccn2c1Cl. The van der Waals surface area contributed by atoms with E-state index in [0.29, 0.717) is 59.3 Å². The van der Waals surface area contributed by atoms with Gasteiger partial charge < -0.3 is 14.5 Å². The monoisotopic (exact) mass is 714 g/mol. The van der Waals surface area contributed by atoms with Crippen molar-refractivity contribution in [2.45, 2.75) is 37.3 Å². The average molecular weight is 716 g/mol. The van der Waals surface area contributed by atoms with Crippen molar-refractivity contribution >= 4 is 62.3 Å². The van der Waals surface area contributed by atoms with Crippen molar-refractivity contribution in [3.63, 3.8) is 0 Å². The number of ether oxygens (including phenoxy) is 1. The number of piperazine rings is 1. The summed E-state index contributed by atoms with van der Waals surface area (Å²) in [6.45, 7) is 2.92. The molecule has 11 nitrogen and oxygen atoms in total. The number of fused-ring (bicyclic) bond motifs is 1. The van der Waals surface area contributed by atoms with Gasteiger partial charge in [-0.15, -0.1) is 0 Å². The molecule has 0 bridgehead atoms. The van der Waals surface area contributed by atoms with Crippen LogP contribution in [0.1, 0.15) is 40.0 Å². The first-order valence-electron chi connectivity index (χ1n) is 14.8. The van der Waals surface area contributed by atoms with Crippen LogP contribution in [-0.2, 0) is 21.4 Å². The molecule has 2 aromatic heterocycles. The molecule has 1 atom stereocenters. The summed E-state index contributed by atoms with van der Waals surface area (Å²) in [6.07, 6.45) is 2.62. The Hall–Kier alpha value is -3.86. The van der Waals surface area contributed by atoms with E-state index in [4.69, 9.17) is 44.8 Å². The molecule has 2 aliphatic heterocycles. The van der Waals surface area contributed by atoms with Crippen molar-refractivity contribution in [1.29, 1.82) is 5.26 Å². The number of nitrogens with zero attached hydrogens (tertiary/aromatic N) is 6. The number of imidazole rings is 1. The Morgan fingerprint density at radius 1 is 1.00 bits per heavy atom. The summed E-state index contributed by atoms with van der Waals surface area (Å²) in [5.41, 5.74) is 2.31. The fraction of sp³-hybridized carbons (Fsp3) is 0.312. The molecular weight excluding hydrogens is 687 g/mol. The van der Waals surface area contributed by atoms with E-state index in [-0.39, 0.29) is 58.6 Å². The van der Waals surface area contributed by atoms with Gasteiger partial charge in [0.15, 0.2) is 11.4 Å². The number of carbonyl (C=O) groups excluding carboxylic acids is 2. The Morgan fingerprint density at radius 3 is 2.40 bits per heavy atom. The van der Waals surface area contributed by atoms with Gasteiger partial charge in [0.05, 0.1) is 22.3 Å². The van der Waals surface area contributed by atoms with Crippen LogP contribution in [0.4, 0.5) is 0 Å². The molecule has 0 N–H and O–H groups in total. The normalized spacial score (nSPS) is 17.2. The Kier molecular flexibility index (Phi) is 9.38. The molecule has 47 heavy (non-hydrogen) atoms. The highest BCUT2D eigenvalue weighted by atomic mass is 35.5. The number of carbonyl (C=O) groups is 2. The third-order valence-corrected chi connectivity index (χ3v) is 11.8. The summed E-state index contributed by atoms with van der Waals surface area (Å²) in [7, 11) is -4.21. The molecule has 2 aliphatic rings. The third-order valence-electron chi connectivity index (χ3n) is 8.45. The fourth-order valence-corrected chi connectivity index (χ4v) is 8.60. The number of rotatable bonds is 7. The van der Waals surface area contributed by atoms with Gasteiger partial charge in [0.1, 0.15) is 22.7 Å². The van der Waals surface area contributed by atoms with Gasteiger partial charge in [-0.2, -0.15) is 9.57 Å². The molecule has 6 rings (SSSR count). The Bertz CT molecular complexity index is 2020. The molecule has 244 valence electrons. The van der Waals surface area contributed by atoms with Crippen LogP contribution >= 0.6 is 34.8 Å². The van der Waals surface area contributed by atoms with E-state index in [9.17, 15) is 18.0 Å². The Labute approximate surface area is 286 Å². The summed E-state index contributed by atoms with van der Waals surface area (Å²) in [4.78, 5) is 34.2. The number of sulfonamides is 1. The lowest BCUT2D eigenvalue weighted by Gasteiger charge is -2.37. The minimum Gasteiger partial charge on any atom is -0.485 e. The van der Waals surface area contributed by atoms with Gasteiger partial charge in [-0.05, 0) is 68.3 Å². The van der Waals surface area contributed by atoms with Crippen molar-refractivity contribution in [3.05, 3.63) is 92.3 Å². The molecule has 0 spiro atoms. The van der Waals surface area contributed by atoms with Gasteiger partial charge in [-0.25, -0.2) is 13.4 Å². The molecule has 2 aromatic carbocycles. The van der Waals surface area contributed by atoms with Crippen LogP contribution in [0.2, 0.25) is 15.2 Å². The van der Waals surface area contributed by atoms with Gasteiger partial charge in [0.25, 0.3) is 5.91 Å². The fourth-order valence-electron chi connectivity index (χ4n) is 5.91. The van der Waals surface area contributed by atoms with E-state index in [0.717, 1.165) is 0 Å². The topological polar surface area (TPSA) is 128 Å². The summed E-state index contributed by atoms with van der Waals surface area (Å²) in [5, 5.41) is 9.59. The maximum absolute atomic E-state index is 14.0. The highest BCUT2D eigenvalue weighted by molar-refractivity contribution is 7.89. The number of halogens is 3. The molecule has 15 heteroatoms. The quantitative estimate of drug-likeness (QED) is 0.258. The summed E-state index contributed by atoms with van der Waals surface area (Å²) in [5.74, 6) is -0.0945. The van der Waals surface area contributed by atoms with Gasteiger partial charge in [0, 0.05) is 55.1 Å². The summed E-state index contributed by atoms with van der Waals surface area (Å²) < 4.78 is 37.0. The highest BCUT2D eigenvalue weighted by Gasteiger charge is 2.43. The van der Waals surface area contributed by atoms with Crippen LogP contribution in [0, 0.1) is 18.3 Å². The van der Waals surface area contributed by atoms with E-state index in [2.05, 4.69) is 4.98 Å². The number of hydrogen-bond acceptors (Lipinski definition) is 7. The second-order valence-electron chi connectivity index (χ2n) is 11.3. The standard InChI is InChI=1S/C32H29Cl3N6O5S/c1-20-29(35)40-12-3-5-26(30(40)37-20)46-19-23-24(33)10-11-27(28(23)34)47(44,45)41-13-2-4-25(41)32(43)39-16-14-38(15-17-39)31(42)22-8-6-21(18-36)7-9-22/h3,5-12,25H,2,4,13-17,19H2,1H3. The molecular formula is C32H29Cl3N6O5S. The maximum atomic E-state index is 14.0. The second kappa shape index (κ2) is 13.3. The lowest BCUT2D eigenvalue weighted by Crippen LogP contribution is -2.55. The Balaban J connectivity index is 1.16. The zero-order valence-corrected chi connectivity index (χ0v) is 28.3. The number of hydrogen-bond donors (Lipinski definition) is 0. The first-order chi connectivity index (χ1) is 22.5. The van der Waals surface area contributed by atoms with E-state index in [1.165, 1.54) is 16.4 Å². The predicted molar refractivity (Wildman–Crippen MR) is 176 cm³/mol. The van der Waals surface area contributed by atoms with Crippen LogP contribution < -0.4 is 4.74 Å². The average Bonchev–Trinajstić information content (AvgIpc) is 3.69. The van der Waals surface area contributed by atoms with Crippen molar-refractivity contribution in [2.24, 2.45) is 0 Å². The van der Waals surface area contributed by atoms with Crippen molar-refractivity contribution in [3.8, 4) is 11.8 Å². The first kappa shape index (κ1) is 33.1. The molecule has 0 radical (unpaired) electrons. The number of benzene rings is 2. The summed E-state index contributed by atoms with van der Waals surface area (Å²) in [6, 6.07) is 13.8. The molecule has 2 fully saturated rings. The minimum absolute atomic E-state index is 0.0879. The second-order valence-corrected chi connectivity index (χ2v) is 14.3. The van der Waals surface area contributed by atoms with Gasteiger partial charge in [-0.1, -0.05) is 34.8 Å². The zero-order chi connectivity index (χ0) is 33.5. The van der Waals surface area contributed by atoms with E-state index < -0.39 is 16.1 Å². The van der Waals surface area contributed by atoms with Crippen molar-refractivity contribution < 1.29 is 22.7 Å². The van der Waals surface area contributed by atoms with E-state index in [1.54, 1.807) is 63.7 Å². The number of amides is 2. The number of pyridine rings is 1. The molecule has 1 unspecified atom stereocenters. The number of nitriles is 1. The number of aryl methyl sites for hydroxylation is 1. The lowest BCUT2D eigenvalue weighted by atomic mass is 10.1. The first-order valence-corrected chi connectivity index (χ1v) is 17.4. The van der Waals surface area contributed by atoms with Crippen LogP contribution in [0.5, 0.6) is 5.75 Å². The maximum Gasteiger partial charge on any atom is 0.253 e. The summed E-state index contributed by atoms with van der Waals surface area (Å²) >= 11 is 19.5. The molecule has 4 aromatic rings. The molecule has 2 amide bonds. The number of aromatic nitrogens is 2. The minimum atomic E-state index is -4.21. The third kappa shape index (κ3) is 6.26. The van der Waals surface area contributed by atoms with E-state index in [1.807, 2.05) is 6.07 Å². The molecule has 2 saturated heterocycles. The van der Waals surface area contributed by atoms with E-state index >= 15 is 0 Å². The molecule has 0 saturated carbocycles. The van der Waals surface area contributed by atoms with Gasteiger partial charge >= 0.3 is 0 Å². The van der Waals surface area contributed by atoms with Crippen LogP contribution in [0.15, 0.2) is 59.6 Å². The molecule has 4 heterocycles. The van der Waals surface area contributed by atoms with Gasteiger partial charge in [-0.3, -0.25) is 14.0 Å². The van der Waals surface area contributed by atoms with Crippen LogP contribution in [-0.4, -0.2) is 82.5 Å². The predicted octanol–water partition coefficient (Wildman–Crippen LogP) is 5.19. The highest BCUT2D eigenvalue weighted by Crippen LogP contribution is 2.37. The largest absolute Gasteiger partial charge is 0.485 e. The van der Waals surface area contributed by atoms with Crippen LogP contribution in [0.3, 0.4) is 0 Å². The Morgan fingerprint density at radius 2 is 1.70 bits per heavy atom. The zero-order valence-electron chi connectivity index (χ0n) is 25.2. The van der Waals surface area contributed by atoms with Crippen molar-refractivity contribution in [2.75, 3.05) is 32.7 Å². The lowest BCUT2D eigenvalue weighted by molar-refractivity contribution is -0.136. The van der Waals surface area contributed by atoms with Gasteiger partial charge in [0.2, 0.25) is 15.9 Å².